The quantitative estimate of drug-likeness (QED) is 0.0732. The summed E-state index contributed by atoms with van der Waals surface area (Å²) in [4.78, 5) is 11.7. The zero-order chi connectivity index (χ0) is 32.5. The van der Waals surface area contributed by atoms with Crippen molar-refractivity contribution >= 4 is 55.7 Å². The maximum atomic E-state index is 11.7. The first-order valence-electron chi connectivity index (χ1n) is 16.9. The highest BCUT2D eigenvalue weighted by atomic mass is 32.2. The summed E-state index contributed by atoms with van der Waals surface area (Å²) in [6, 6.07) is 2.46. The van der Waals surface area contributed by atoms with Gasteiger partial charge >= 0.3 is 26.2 Å². The summed E-state index contributed by atoms with van der Waals surface area (Å²) in [5.41, 5.74) is 0. The molecule has 0 radical (unpaired) electrons. The van der Waals surface area contributed by atoms with Crippen LogP contribution in [0.15, 0.2) is 0 Å². The zero-order valence-electron chi connectivity index (χ0n) is 28.6. The standard InChI is InChI=1S/C30H62O9S2Si3/c1-8-16-43(32-13-12-26(3)19-35-43)36-22-27(4)20-33-42(7,17-10-14-40)34-21-28(5)23-37-44(38-24-29(6)25-39-44)18-11-15-41-30(31)9-2/h26-29,40H,8-25H2,1-7H3. The monoisotopic (exact) mass is 714 g/mol. The van der Waals surface area contributed by atoms with Gasteiger partial charge in [-0.2, -0.15) is 12.6 Å². The zero-order valence-corrected chi connectivity index (χ0v) is 33.3. The minimum absolute atomic E-state index is 0.154. The molecular weight excluding hydrogens is 653 g/mol. The molecule has 0 aromatic carbocycles. The fourth-order valence-electron chi connectivity index (χ4n) is 4.78. The molecule has 2 aliphatic heterocycles. The Balaban J connectivity index is 1.86. The van der Waals surface area contributed by atoms with Crippen LogP contribution in [0.25, 0.3) is 0 Å². The van der Waals surface area contributed by atoms with Crippen LogP contribution in [0.1, 0.15) is 73.6 Å². The van der Waals surface area contributed by atoms with Crippen LogP contribution in [-0.2, 0) is 40.2 Å². The Labute approximate surface area is 281 Å². The van der Waals surface area contributed by atoms with E-state index in [0.29, 0.717) is 71.1 Å². The van der Waals surface area contributed by atoms with E-state index in [2.05, 4.69) is 53.8 Å². The lowest BCUT2D eigenvalue weighted by Gasteiger charge is -2.36. The van der Waals surface area contributed by atoms with Gasteiger partial charge in [-0.05, 0) is 43.5 Å². The van der Waals surface area contributed by atoms with E-state index in [4.69, 9.17) is 35.4 Å². The molecule has 0 spiro atoms. The molecule has 44 heavy (non-hydrogen) atoms. The van der Waals surface area contributed by atoms with Gasteiger partial charge in [0.25, 0.3) is 0 Å². The lowest BCUT2D eigenvalue weighted by atomic mass is 10.1. The van der Waals surface area contributed by atoms with Crippen LogP contribution in [0.2, 0.25) is 24.7 Å². The van der Waals surface area contributed by atoms with Gasteiger partial charge in [-0.25, -0.2) is 0 Å². The molecule has 5 unspecified atom stereocenters. The SMILES string of the molecule is CCC[Si]1(OCC(C)CO[Si](C)(CCCS)OCC(C)CO[Si]2(CCCSC(=O)CC)OCC(C)CO2)OCCC(C)CO1. The number of carbonyl (C=O) groups excluding carboxylic acids is 1. The van der Waals surface area contributed by atoms with Crippen molar-refractivity contribution in [1.82, 2.24) is 0 Å². The number of thioether (sulfide) groups is 1. The summed E-state index contributed by atoms with van der Waals surface area (Å²) in [6.07, 6.45) is 4.34. The van der Waals surface area contributed by atoms with E-state index in [1.165, 1.54) is 11.8 Å². The molecule has 260 valence electrons. The second kappa shape index (κ2) is 21.6. The molecule has 0 N–H and O–H groups in total. The minimum Gasteiger partial charge on any atom is -0.394 e. The highest BCUT2D eigenvalue weighted by Gasteiger charge is 2.45. The molecule has 2 heterocycles. The molecule has 2 saturated heterocycles. The molecule has 0 amide bonds. The van der Waals surface area contributed by atoms with Gasteiger partial charge in [-0.3, -0.25) is 4.79 Å². The van der Waals surface area contributed by atoms with Crippen LogP contribution in [0.3, 0.4) is 0 Å². The van der Waals surface area contributed by atoms with Crippen molar-refractivity contribution in [2.45, 2.75) is 98.3 Å². The van der Waals surface area contributed by atoms with E-state index in [1.54, 1.807) is 0 Å². The van der Waals surface area contributed by atoms with Gasteiger partial charge in [0.15, 0.2) is 5.12 Å². The Morgan fingerprint density at radius 1 is 0.886 bits per heavy atom. The normalized spacial score (nSPS) is 29.1. The molecule has 0 bridgehead atoms. The summed E-state index contributed by atoms with van der Waals surface area (Å²) in [7, 11) is -7.88. The van der Waals surface area contributed by atoms with Crippen molar-refractivity contribution in [2.24, 2.45) is 23.7 Å². The van der Waals surface area contributed by atoms with Gasteiger partial charge < -0.3 is 35.4 Å². The number of hydrogen-bond acceptors (Lipinski definition) is 11. The van der Waals surface area contributed by atoms with E-state index in [-0.39, 0.29) is 17.0 Å². The maximum Gasteiger partial charge on any atom is 0.501 e. The second-order valence-corrected chi connectivity index (χ2v) is 23.4. The Kier molecular flexibility index (Phi) is 20.1. The largest absolute Gasteiger partial charge is 0.501 e. The fourth-order valence-corrected chi connectivity index (χ4v) is 14.4. The van der Waals surface area contributed by atoms with E-state index in [1.807, 2.05) is 6.92 Å². The molecule has 5 atom stereocenters. The lowest BCUT2D eigenvalue weighted by molar-refractivity contribution is -0.110. The maximum absolute atomic E-state index is 11.7. The topological polar surface area (TPSA) is 90.9 Å². The van der Waals surface area contributed by atoms with E-state index < -0.39 is 26.2 Å². The molecule has 0 aliphatic carbocycles. The van der Waals surface area contributed by atoms with Crippen LogP contribution in [-0.4, -0.2) is 95.6 Å². The third-order valence-electron chi connectivity index (χ3n) is 7.74. The smallest absolute Gasteiger partial charge is 0.394 e. The van der Waals surface area contributed by atoms with Gasteiger partial charge in [0.05, 0.1) is 0 Å². The average molecular weight is 715 g/mol. The van der Waals surface area contributed by atoms with Gasteiger partial charge in [0.2, 0.25) is 0 Å². The molecule has 2 rings (SSSR count). The Hall–Kier alpha value is 0.701. The second-order valence-electron chi connectivity index (χ2n) is 13.0. The van der Waals surface area contributed by atoms with Crippen molar-refractivity contribution in [3.8, 4) is 0 Å². The minimum atomic E-state index is -2.78. The van der Waals surface area contributed by atoms with Crippen molar-refractivity contribution < 1.29 is 40.2 Å². The van der Waals surface area contributed by atoms with Crippen LogP contribution in [0, 0.1) is 23.7 Å². The van der Waals surface area contributed by atoms with Crippen molar-refractivity contribution in [3.63, 3.8) is 0 Å². The summed E-state index contributed by atoms with van der Waals surface area (Å²) in [6.45, 7) is 19.7. The number of carbonyl (C=O) groups is 1. The van der Waals surface area contributed by atoms with Crippen molar-refractivity contribution in [2.75, 3.05) is 64.4 Å². The average Bonchev–Trinajstić information content (AvgIpc) is 3.20. The predicted molar refractivity (Wildman–Crippen MR) is 188 cm³/mol. The van der Waals surface area contributed by atoms with Crippen LogP contribution < -0.4 is 0 Å². The molecule has 2 aliphatic rings. The molecule has 9 nitrogen and oxygen atoms in total. The van der Waals surface area contributed by atoms with Crippen LogP contribution >= 0.6 is 24.4 Å². The Bertz CT molecular complexity index is 797. The number of hydrogen-bond donors (Lipinski definition) is 1. The molecule has 0 aromatic rings. The third-order valence-corrected chi connectivity index (χ3v) is 17.7. The first-order chi connectivity index (χ1) is 21.0. The Morgan fingerprint density at radius 3 is 2.00 bits per heavy atom. The molecule has 2 fully saturated rings. The molecule has 0 saturated carbocycles. The van der Waals surface area contributed by atoms with Crippen molar-refractivity contribution in [1.29, 1.82) is 0 Å². The summed E-state index contributed by atoms with van der Waals surface area (Å²) >= 11 is 5.84. The molecule has 0 aromatic heterocycles. The van der Waals surface area contributed by atoms with Crippen molar-refractivity contribution in [3.05, 3.63) is 0 Å². The highest BCUT2D eigenvalue weighted by Crippen LogP contribution is 2.28. The Morgan fingerprint density at radius 2 is 1.45 bits per heavy atom. The van der Waals surface area contributed by atoms with E-state index in [9.17, 15) is 4.79 Å². The van der Waals surface area contributed by atoms with Crippen LogP contribution in [0.5, 0.6) is 0 Å². The van der Waals surface area contributed by atoms with Crippen LogP contribution in [0.4, 0.5) is 0 Å². The third kappa shape index (κ3) is 15.7. The van der Waals surface area contributed by atoms with E-state index in [0.717, 1.165) is 55.3 Å². The van der Waals surface area contributed by atoms with Gasteiger partial charge in [0.1, 0.15) is 0 Å². The number of rotatable bonds is 22. The van der Waals surface area contributed by atoms with Gasteiger partial charge in [0, 0.05) is 94.9 Å². The summed E-state index contributed by atoms with van der Waals surface area (Å²) in [5.74, 6) is 2.76. The first-order valence-corrected chi connectivity index (χ1v) is 24.9. The lowest BCUT2D eigenvalue weighted by Crippen LogP contribution is -2.52. The summed E-state index contributed by atoms with van der Waals surface area (Å²) < 4.78 is 51.0. The van der Waals surface area contributed by atoms with Gasteiger partial charge in [-0.1, -0.05) is 59.7 Å². The highest BCUT2D eigenvalue weighted by molar-refractivity contribution is 8.13. The molecular formula is C30H62O9S2Si3. The molecule has 14 heteroatoms. The van der Waals surface area contributed by atoms with E-state index >= 15 is 0 Å². The summed E-state index contributed by atoms with van der Waals surface area (Å²) in [5, 5.41) is 0.223. The first kappa shape index (κ1) is 40.9. The fraction of sp³-hybridized carbons (Fsp3) is 0.967. The predicted octanol–water partition coefficient (Wildman–Crippen LogP) is 6.82. The number of thiol groups is 1. The van der Waals surface area contributed by atoms with Gasteiger partial charge in [-0.15, -0.1) is 0 Å².